The molecule has 0 aliphatic carbocycles. The van der Waals surface area contributed by atoms with E-state index in [4.69, 9.17) is 11.6 Å². The lowest BCUT2D eigenvalue weighted by Gasteiger charge is -2.22. The maximum absolute atomic E-state index is 11.1. The topological polar surface area (TPSA) is 63.2 Å². The second kappa shape index (κ2) is 3.46. The second-order valence-corrected chi connectivity index (χ2v) is 6.04. The molecule has 0 aromatic heterocycles. The average Bonchev–Trinajstić information content (AvgIpc) is 2.25. The molecule has 1 N–H and O–H groups in total. The van der Waals surface area contributed by atoms with Crippen LogP contribution < -0.4 is 5.32 Å². The Bertz CT molecular complexity index is 314. The molecule has 0 bridgehead atoms. The molecule has 4 nitrogen and oxygen atoms in total. The number of amides is 1. The number of alkyl halides is 1. The van der Waals surface area contributed by atoms with Gasteiger partial charge in [-0.3, -0.25) is 4.79 Å². The van der Waals surface area contributed by atoms with E-state index in [9.17, 15) is 13.2 Å². The number of hydrogen-bond donors (Lipinski definition) is 1. The lowest BCUT2D eigenvalue weighted by Crippen LogP contribution is -2.47. The van der Waals surface area contributed by atoms with Crippen LogP contribution in [-0.4, -0.2) is 37.2 Å². The van der Waals surface area contributed by atoms with Crippen molar-refractivity contribution in [1.29, 1.82) is 0 Å². The van der Waals surface area contributed by atoms with Crippen LogP contribution in [0, 0.1) is 0 Å². The summed E-state index contributed by atoms with van der Waals surface area (Å²) >= 11 is 5.30. The van der Waals surface area contributed by atoms with E-state index in [0.717, 1.165) is 0 Å². The molecule has 1 rings (SSSR count). The first-order chi connectivity index (χ1) is 5.87. The maximum atomic E-state index is 11.1. The average molecular weight is 226 g/mol. The third-order valence-corrected chi connectivity index (χ3v) is 4.21. The minimum absolute atomic E-state index is 0.0165. The van der Waals surface area contributed by atoms with Crippen LogP contribution in [-0.2, 0) is 14.6 Å². The molecule has 13 heavy (non-hydrogen) atoms. The maximum Gasteiger partial charge on any atom is 0.235 e. The number of sulfone groups is 1. The van der Waals surface area contributed by atoms with E-state index < -0.39 is 15.4 Å². The van der Waals surface area contributed by atoms with Crippen LogP contribution in [0.15, 0.2) is 0 Å². The highest BCUT2D eigenvalue weighted by Crippen LogP contribution is 2.22. The van der Waals surface area contributed by atoms with Crippen molar-refractivity contribution < 1.29 is 13.2 Å². The van der Waals surface area contributed by atoms with Gasteiger partial charge in [-0.25, -0.2) is 8.42 Å². The third kappa shape index (κ3) is 2.84. The van der Waals surface area contributed by atoms with Crippen molar-refractivity contribution in [2.75, 3.05) is 17.4 Å². The van der Waals surface area contributed by atoms with Crippen molar-refractivity contribution in [1.82, 2.24) is 5.32 Å². The Labute approximate surface area is 82.6 Å². The lowest BCUT2D eigenvalue weighted by atomic mass is 10.0. The third-order valence-electron chi connectivity index (χ3n) is 2.07. The molecule has 1 heterocycles. The number of nitrogens with one attached hydrogen (secondary N) is 1. The first-order valence-corrected chi connectivity index (χ1v) is 6.30. The highest BCUT2D eigenvalue weighted by atomic mass is 35.5. The minimum atomic E-state index is -2.97. The summed E-state index contributed by atoms with van der Waals surface area (Å²) in [4.78, 5) is 10.9. The minimum Gasteiger partial charge on any atom is -0.349 e. The molecular formula is C7H12ClNO3S. The smallest absolute Gasteiger partial charge is 0.235 e. The zero-order valence-electron chi connectivity index (χ0n) is 7.34. The number of carbonyl (C=O) groups is 1. The van der Waals surface area contributed by atoms with Crippen LogP contribution in [0.1, 0.15) is 13.3 Å². The Balaban J connectivity index is 2.65. The molecule has 0 spiro atoms. The molecule has 1 saturated heterocycles. The zero-order valence-corrected chi connectivity index (χ0v) is 8.91. The molecule has 1 aliphatic heterocycles. The molecule has 0 saturated carbocycles. The summed E-state index contributed by atoms with van der Waals surface area (Å²) in [7, 11) is -2.97. The van der Waals surface area contributed by atoms with Gasteiger partial charge in [-0.15, -0.1) is 11.6 Å². The van der Waals surface area contributed by atoms with Gasteiger partial charge in [0.2, 0.25) is 5.91 Å². The Morgan fingerprint density at radius 1 is 1.62 bits per heavy atom. The molecular weight excluding hydrogens is 214 g/mol. The van der Waals surface area contributed by atoms with Gasteiger partial charge in [-0.1, -0.05) is 0 Å². The highest BCUT2D eigenvalue weighted by Gasteiger charge is 2.39. The van der Waals surface area contributed by atoms with E-state index in [1.165, 1.54) is 0 Å². The molecule has 1 amide bonds. The fourth-order valence-corrected chi connectivity index (χ4v) is 3.64. The zero-order chi connectivity index (χ0) is 10.1. The van der Waals surface area contributed by atoms with Crippen LogP contribution in [0.3, 0.4) is 0 Å². The van der Waals surface area contributed by atoms with Crippen LogP contribution in [0.4, 0.5) is 0 Å². The van der Waals surface area contributed by atoms with Gasteiger partial charge < -0.3 is 5.32 Å². The Morgan fingerprint density at radius 2 is 2.23 bits per heavy atom. The largest absolute Gasteiger partial charge is 0.349 e. The Morgan fingerprint density at radius 3 is 2.62 bits per heavy atom. The normalized spacial score (nSPS) is 31.5. The molecule has 0 aromatic carbocycles. The van der Waals surface area contributed by atoms with Gasteiger partial charge in [0.25, 0.3) is 0 Å². The van der Waals surface area contributed by atoms with Gasteiger partial charge in [-0.2, -0.15) is 0 Å². The summed E-state index contributed by atoms with van der Waals surface area (Å²) in [6, 6.07) is 0. The van der Waals surface area contributed by atoms with Crippen LogP contribution in [0.25, 0.3) is 0 Å². The first kappa shape index (κ1) is 10.8. The van der Waals surface area contributed by atoms with Crippen molar-refractivity contribution in [2.45, 2.75) is 18.9 Å². The van der Waals surface area contributed by atoms with Crippen LogP contribution >= 0.6 is 11.6 Å². The summed E-state index contributed by atoms with van der Waals surface area (Å²) < 4.78 is 22.3. The summed E-state index contributed by atoms with van der Waals surface area (Å²) in [5, 5.41) is 2.61. The SMILES string of the molecule is CC1(NC(=O)CCl)CCS(=O)(=O)C1. The Kier molecular flexibility index (Phi) is 2.87. The quantitative estimate of drug-likeness (QED) is 0.669. The molecule has 1 unspecified atom stereocenters. The van der Waals surface area contributed by atoms with E-state index in [-0.39, 0.29) is 23.3 Å². The molecule has 6 heteroatoms. The molecule has 0 radical (unpaired) electrons. The van der Waals surface area contributed by atoms with E-state index in [2.05, 4.69) is 5.32 Å². The second-order valence-electron chi connectivity index (χ2n) is 3.58. The fraction of sp³-hybridized carbons (Fsp3) is 0.857. The molecule has 76 valence electrons. The lowest BCUT2D eigenvalue weighted by molar-refractivity contribution is -0.120. The standard InChI is InChI=1S/C7H12ClNO3S/c1-7(9-6(10)4-8)2-3-13(11,12)5-7/h2-5H2,1H3,(H,9,10). The predicted octanol–water partition coefficient (Wildman–Crippen LogP) is -0.0814. The van der Waals surface area contributed by atoms with E-state index >= 15 is 0 Å². The number of rotatable bonds is 2. The van der Waals surface area contributed by atoms with Crippen molar-refractivity contribution in [3.63, 3.8) is 0 Å². The van der Waals surface area contributed by atoms with Gasteiger partial charge in [-0.05, 0) is 13.3 Å². The molecule has 1 fully saturated rings. The number of halogens is 1. The highest BCUT2D eigenvalue weighted by molar-refractivity contribution is 7.91. The predicted molar refractivity (Wildman–Crippen MR) is 50.5 cm³/mol. The Hall–Kier alpha value is -0.290. The van der Waals surface area contributed by atoms with Crippen molar-refractivity contribution in [3.8, 4) is 0 Å². The van der Waals surface area contributed by atoms with Crippen molar-refractivity contribution in [2.24, 2.45) is 0 Å². The van der Waals surface area contributed by atoms with Gasteiger partial charge >= 0.3 is 0 Å². The van der Waals surface area contributed by atoms with Gasteiger partial charge in [0.15, 0.2) is 9.84 Å². The van der Waals surface area contributed by atoms with Crippen LogP contribution in [0.2, 0.25) is 0 Å². The molecule has 1 atom stereocenters. The van der Waals surface area contributed by atoms with E-state index in [1.54, 1.807) is 6.92 Å². The number of hydrogen-bond acceptors (Lipinski definition) is 3. The molecule has 0 aromatic rings. The summed E-state index contributed by atoms with van der Waals surface area (Å²) in [6.07, 6.45) is 0.470. The van der Waals surface area contributed by atoms with Gasteiger partial charge in [0.1, 0.15) is 5.88 Å². The van der Waals surface area contributed by atoms with Gasteiger partial charge in [0.05, 0.1) is 17.0 Å². The van der Waals surface area contributed by atoms with Gasteiger partial charge in [0, 0.05) is 0 Å². The summed E-state index contributed by atoms with van der Waals surface area (Å²) in [6.45, 7) is 1.72. The monoisotopic (exact) mass is 225 g/mol. The number of carbonyl (C=O) groups excluding carboxylic acids is 1. The van der Waals surface area contributed by atoms with E-state index in [0.29, 0.717) is 6.42 Å². The summed E-state index contributed by atoms with van der Waals surface area (Å²) in [5.74, 6) is -0.286. The van der Waals surface area contributed by atoms with Crippen molar-refractivity contribution >= 4 is 27.3 Å². The fourth-order valence-electron chi connectivity index (χ4n) is 1.48. The first-order valence-electron chi connectivity index (χ1n) is 3.94. The molecule has 1 aliphatic rings. The van der Waals surface area contributed by atoms with E-state index in [1.807, 2.05) is 0 Å². The van der Waals surface area contributed by atoms with Crippen molar-refractivity contribution in [3.05, 3.63) is 0 Å². The van der Waals surface area contributed by atoms with Crippen LogP contribution in [0.5, 0.6) is 0 Å². The summed E-state index contributed by atoms with van der Waals surface area (Å²) in [5.41, 5.74) is -0.620.